The summed E-state index contributed by atoms with van der Waals surface area (Å²) >= 11 is 0. The Balaban J connectivity index is 1.54. The van der Waals surface area contributed by atoms with Gasteiger partial charge in [0.1, 0.15) is 5.82 Å². The van der Waals surface area contributed by atoms with Crippen LogP contribution < -0.4 is 4.90 Å². The van der Waals surface area contributed by atoms with Crippen molar-refractivity contribution in [3.05, 3.63) is 59.9 Å². The number of rotatable bonds is 2. The molecule has 3 aromatic rings. The number of aryl methyl sites for hydroxylation is 1. The van der Waals surface area contributed by atoms with Gasteiger partial charge in [-0.05, 0) is 31.0 Å². The average molecular weight is 335 g/mol. The van der Waals surface area contributed by atoms with E-state index >= 15 is 0 Å². The standard InChI is InChI=1S/C19H21N5O/c1-15-5-2-3-6-16(15)19(25)23-12-4-11-22(13-14-23)18-8-9-20-17-7-10-21-24(17)18/h2-3,5-10H,4,11-14H2,1H3. The lowest BCUT2D eigenvalue weighted by atomic mass is 10.1. The molecule has 1 fully saturated rings. The Morgan fingerprint density at radius 1 is 1.00 bits per heavy atom. The largest absolute Gasteiger partial charge is 0.355 e. The fraction of sp³-hybridized carbons (Fsp3) is 0.316. The van der Waals surface area contributed by atoms with Crippen LogP contribution in [0.4, 0.5) is 5.82 Å². The first-order chi connectivity index (χ1) is 12.2. The van der Waals surface area contributed by atoms with Gasteiger partial charge in [0.2, 0.25) is 0 Å². The van der Waals surface area contributed by atoms with Crippen LogP contribution in [0.2, 0.25) is 0 Å². The Morgan fingerprint density at radius 3 is 2.76 bits per heavy atom. The first kappa shape index (κ1) is 15.6. The molecule has 0 N–H and O–H groups in total. The van der Waals surface area contributed by atoms with E-state index < -0.39 is 0 Å². The number of benzene rings is 1. The highest BCUT2D eigenvalue weighted by Crippen LogP contribution is 2.18. The number of carbonyl (C=O) groups is 1. The normalized spacial score (nSPS) is 15.4. The lowest BCUT2D eigenvalue weighted by Gasteiger charge is -2.24. The summed E-state index contributed by atoms with van der Waals surface area (Å²) in [5, 5.41) is 4.37. The van der Waals surface area contributed by atoms with Crippen LogP contribution in [0.15, 0.2) is 48.8 Å². The smallest absolute Gasteiger partial charge is 0.254 e. The van der Waals surface area contributed by atoms with Gasteiger partial charge in [-0.1, -0.05) is 18.2 Å². The molecule has 1 amide bonds. The summed E-state index contributed by atoms with van der Waals surface area (Å²) in [6, 6.07) is 11.7. The van der Waals surface area contributed by atoms with Crippen LogP contribution in [-0.4, -0.2) is 51.6 Å². The third-order valence-electron chi connectivity index (χ3n) is 4.75. The molecule has 0 saturated carbocycles. The van der Waals surface area contributed by atoms with Crippen LogP contribution >= 0.6 is 0 Å². The quantitative estimate of drug-likeness (QED) is 0.722. The minimum Gasteiger partial charge on any atom is -0.355 e. The maximum atomic E-state index is 12.9. The number of fused-ring (bicyclic) bond motifs is 1. The van der Waals surface area contributed by atoms with Crippen molar-refractivity contribution in [2.24, 2.45) is 0 Å². The lowest BCUT2D eigenvalue weighted by molar-refractivity contribution is 0.0766. The van der Waals surface area contributed by atoms with Crippen molar-refractivity contribution < 1.29 is 4.79 Å². The van der Waals surface area contributed by atoms with Crippen molar-refractivity contribution in [3.63, 3.8) is 0 Å². The van der Waals surface area contributed by atoms with Crippen LogP contribution in [-0.2, 0) is 0 Å². The number of hydrogen-bond acceptors (Lipinski definition) is 4. The molecule has 0 spiro atoms. The van der Waals surface area contributed by atoms with Gasteiger partial charge in [-0.3, -0.25) is 4.79 Å². The molecule has 4 rings (SSSR count). The molecule has 128 valence electrons. The third-order valence-corrected chi connectivity index (χ3v) is 4.75. The highest BCUT2D eigenvalue weighted by molar-refractivity contribution is 5.95. The van der Waals surface area contributed by atoms with Gasteiger partial charge in [0.25, 0.3) is 5.91 Å². The summed E-state index contributed by atoms with van der Waals surface area (Å²) < 4.78 is 1.86. The first-order valence-electron chi connectivity index (χ1n) is 8.62. The molecular weight excluding hydrogens is 314 g/mol. The average Bonchev–Trinajstić information content (AvgIpc) is 2.98. The van der Waals surface area contributed by atoms with Crippen LogP contribution in [0.25, 0.3) is 5.65 Å². The fourth-order valence-corrected chi connectivity index (χ4v) is 3.39. The van der Waals surface area contributed by atoms with E-state index in [1.165, 1.54) is 0 Å². The van der Waals surface area contributed by atoms with Gasteiger partial charge in [-0.25, -0.2) is 4.98 Å². The number of anilines is 1. The molecule has 1 aliphatic rings. The van der Waals surface area contributed by atoms with Gasteiger partial charge in [0.05, 0.1) is 6.20 Å². The Hall–Kier alpha value is -2.89. The molecule has 1 aromatic carbocycles. The summed E-state index contributed by atoms with van der Waals surface area (Å²) in [4.78, 5) is 21.4. The van der Waals surface area contributed by atoms with E-state index in [1.54, 1.807) is 6.20 Å². The predicted molar refractivity (Wildman–Crippen MR) is 96.9 cm³/mol. The molecule has 6 heteroatoms. The SMILES string of the molecule is Cc1ccccc1C(=O)N1CCCN(c2ccnc3ccnn23)CC1. The van der Waals surface area contributed by atoms with Gasteiger partial charge in [-0.2, -0.15) is 9.61 Å². The molecule has 0 unspecified atom stereocenters. The van der Waals surface area contributed by atoms with E-state index in [4.69, 9.17) is 0 Å². The van der Waals surface area contributed by atoms with E-state index in [2.05, 4.69) is 15.0 Å². The van der Waals surface area contributed by atoms with Gasteiger partial charge in [0.15, 0.2) is 5.65 Å². The van der Waals surface area contributed by atoms with Crippen molar-refractivity contribution in [2.45, 2.75) is 13.3 Å². The van der Waals surface area contributed by atoms with E-state index in [1.807, 2.05) is 58.9 Å². The minimum absolute atomic E-state index is 0.124. The van der Waals surface area contributed by atoms with Gasteiger partial charge in [-0.15, -0.1) is 0 Å². The van der Waals surface area contributed by atoms with Crippen molar-refractivity contribution in [1.29, 1.82) is 0 Å². The van der Waals surface area contributed by atoms with Crippen LogP contribution in [0.5, 0.6) is 0 Å². The Labute approximate surface area is 146 Å². The molecule has 0 atom stereocenters. The van der Waals surface area contributed by atoms with E-state index in [-0.39, 0.29) is 5.91 Å². The summed E-state index contributed by atoms with van der Waals surface area (Å²) in [6.07, 6.45) is 4.51. The number of nitrogens with zero attached hydrogens (tertiary/aromatic N) is 5. The molecule has 0 aliphatic carbocycles. The van der Waals surface area contributed by atoms with Crippen molar-refractivity contribution in [2.75, 3.05) is 31.1 Å². The molecule has 6 nitrogen and oxygen atoms in total. The second-order valence-corrected chi connectivity index (χ2v) is 6.35. The Kier molecular flexibility index (Phi) is 4.09. The van der Waals surface area contributed by atoms with E-state index in [0.717, 1.165) is 48.6 Å². The maximum absolute atomic E-state index is 12.9. The molecule has 0 bridgehead atoms. The first-order valence-corrected chi connectivity index (χ1v) is 8.62. The van der Waals surface area contributed by atoms with Crippen molar-refractivity contribution in [1.82, 2.24) is 19.5 Å². The molecule has 2 aromatic heterocycles. The zero-order valence-electron chi connectivity index (χ0n) is 14.3. The maximum Gasteiger partial charge on any atom is 0.254 e. The summed E-state index contributed by atoms with van der Waals surface area (Å²) in [6.45, 7) is 5.16. The van der Waals surface area contributed by atoms with Crippen molar-refractivity contribution in [3.8, 4) is 0 Å². The summed E-state index contributed by atoms with van der Waals surface area (Å²) in [5.41, 5.74) is 2.67. The Morgan fingerprint density at radius 2 is 1.88 bits per heavy atom. The minimum atomic E-state index is 0.124. The third kappa shape index (κ3) is 2.95. The molecular formula is C19H21N5O. The van der Waals surface area contributed by atoms with Gasteiger partial charge < -0.3 is 9.80 Å². The number of hydrogen-bond donors (Lipinski definition) is 0. The topological polar surface area (TPSA) is 53.7 Å². The molecule has 1 aliphatic heterocycles. The lowest BCUT2D eigenvalue weighted by Crippen LogP contribution is -2.36. The molecule has 1 saturated heterocycles. The summed E-state index contributed by atoms with van der Waals surface area (Å²) in [7, 11) is 0. The second-order valence-electron chi connectivity index (χ2n) is 6.35. The molecule has 3 heterocycles. The predicted octanol–water partition coefficient (Wildman–Crippen LogP) is 2.39. The van der Waals surface area contributed by atoms with Crippen molar-refractivity contribution >= 4 is 17.4 Å². The van der Waals surface area contributed by atoms with E-state index in [9.17, 15) is 4.79 Å². The highest BCUT2D eigenvalue weighted by atomic mass is 16.2. The Bertz CT molecular complexity index is 903. The van der Waals surface area contributed by atoms with Crippen LogP contribution in [0, 0.1) is 6.92 Å². The number of carbonyl (C=O) groups excluding carboxylic acids is 1. The fourth-order valence-electron chi connectivity index (χ4n) is 3.39. The number of amides is 1. The summed E-state index contributed by atoms with van der Waals surface area (Å²) in [5.74, 6) is 1.15. The van der Waals surface area contributed by atoms with Gasteiger partial charge >= 0.3 is 0 Å². The molecule has 25 heavy (non-hydrogen) atoms. The van der Waals surface area contributed by atoms with Crippen LogP contribution in [0.1, 0.15) is 22.3 Å². The monoisotopic (exact) mass is 335 g/mol. The van der Waals surface area contributed by atoms with Crippen LogP contribution in [0.3, 0.4) is 0 Å². The second kappa shape index (κ2) is 6.55. The zero-order chi connectivity index (χ0) is 17.2. The highest BCUT2D eigenvalue weighted by Gasteiger charge is 2.22. The van der Waals surface area contributed by atoms with Gasteiger partial charge in [0, 0.05) is 44.0 Å². The zero-order valence-corrected chi connectivity index (χ0v) is 14.3. The van der Waals surface area contributed by atoms with E-state index in [0.29, 0.717) is 6.54 Å². The number of aromatic nitrogens is 3. The molecule has 0 radical (unpaired) electrons.